The van der Waals surface area contributed by atoms with E-state index < -0.39 is 0 Å². The number of aromatic nitrogens is 2. The Kier molecular flexibility index (Phi) is 7.49. The highest BCUT2D eigenvalue weighted by atomic mass is 16.5. The minimum Gasteiger partial charge on any atom is -0.495 e. The van der Waals surface area contributed by atoms with E-state index in [0.717, 1.165) is 59.8 Å². The molecule has 2 aromatic rings. The molecule has 1 aromatic carbocycles. The number of ether oxygens (including phenoxy) is 1. The lowest BCUT2D eigenvalue weighted by molar-refractivity contribution is 0.177. The molecule has 6 nitrogen and oxygen atoms in total. The fraction of sp³-hybridized carbons (Fsp3) is 0.615. The van der Waals surface area contributed by atoms with Gasteiger partial charge in [0.05, 0.1) is 24.7 Å². The Labute approximate surface area is 192 Å². The highest BCUT2D eigenvalue weighted by molar-refractivity contribution is 5.92. The van der Waals surface area contributed by atoms with Crippen molar-refractivity contribution >= 4 is 16.7 Å². The van der Waals surface area contributed by atoms with Gasteiger partial charge in [-0.05, 0) is 51.7 Å². The predicted octanol–water partition coefficient (Wildman–Crippen LogP) is 4.28. The van der Waals surface area contributed by atoms with Crippen molar-refractivity contribution in [3.05, 3.63) is 23.5 Å². The van der Waals surface area contributed by atoms with Crippen molar-refractivity contribution in [3.8, 4) is 17.6 Å². The molecule has 1 saturated carbocycles. The first-order chi connectivity index (χ1) is 15.6. The van der Waals surface area contributed by atoms with E-state index in [0.29, 0.717) is 24.5 Å². The Balaban J connectivity index is 1.71. The van der Waals surface area contributed by atoms with Crippen molar-refractivity contribution < 1.29 is 4.74 Å². The first-order valence-corrected chi connectivity index (χ1v) is 12.2. The minimum absolute atomic E-state index is 0.320. The highest BCUT2D eigenvalue weighted by Gasteiger charge is 2.24. The van der Waals surface area contributed by atoms with E-state index in [2.05, 4.69) is 35.9 Å². The van der Waals surface area contributed by atoms with Gasteiger partial charge in [-0.2, -0.15) is 0 Å². The largest absolute Gasteiger partial charge is 0.495 e. The zero-order chi connectivity index (χ0) is 22.5. The lowest BCUT2D eigenvalue weighted by Gasteiger charge is -2.35. The molecule has 2 fully saturated rings. The van der Waals surface area contributed by atoms with Crippen LogP contribution in [0.4, 0.5) is 5.82 Å². The summed E-state index contributed by atoms with van der Waals surface area (Å²) in [6, 6.07) is 5.10. The van der Waals surface area contributed by atoms with Gasteiger partial charge in [-0.15, -0.1) is 0 Å². The number of fused-ring (bicyclic) bond motifs is 1. The van der Waals surface area contributed by atoms with E-state index in [9.17, 15) is 0 Å². The van der Waals surface area contributed by atoms with Crippen LogP contribution >= 0.6 is 0 Å². The van der Waals surface area contributed by atoms with Crippen molar-refractivity contribution in [2.45, 2.75) is 76.8 Å². The van der Waals surface area contributed by atoms with E-state index in [1.54, 1.807) is 7.11 Å². The first kappa shape index (κ1) is 22.8. The summed E-state index contributed by atoms with van der Waals surface area (Å²) < 4.78 is 5.65. The summed E-state index contributed by atoms with van der Waals surface area (Å²) in [6.45, 7) is 7.12. The van der Waals surface area contributed by atoms with E-state index >= 15 is 0 Å². The predicted molar refractivity (Wildman–Crippen MR) is 131 cm³/mol. The van der Waals surface area contributed by atoms with Gasteiger partial charge in [-0.1, -0.05) is 31.1 Å². The number of likely N-dealkylation sites (tertiary alicyclic amines) is 1. The molecular formula is C26H37N5O. The second kappa shape index (κ2) is 10.5. The number of rotatable bonds is 5. The molecule has 32 heavy (non-hydrogen) atoms. The minimum atomic E-state index is 0.320. The van der Waals surface area contributed by atoms with E-state index in [1.165, 1.54) is 32.1 Å². The van der Waals surface area contributed by atoms with Gasteiger partial charge < -0.3 is 20.7 Å². The van der Waals surface area contributed by atoms with E-state index in [-0.39, 0.29) is 0 Å². The van der Waals surface area contributed by atoms with Gasteiger partial charge in [-0.25, -0.2) is 9.97 Å². The number of anilines is 1. The van der Waals surface area contributed by atoms with Crippen molar-refractivity contribution in [2.75, 3.05) is 32.1 Å². The SMILES string of the molecule is COc1cc2c(NC3CCN(C(C)C)CC3)nc(C3CCCCC3)nc2cc1C#CCN. The standard InChI is InChI=1S/C26H37N5O/c1-18(2)31-14-11-21(12-15-31)28-26-22-17-24(32-3)20(10-7-13-27)16-23(22)29-25(30-26)19-8-5-4-6-9-19/h16-19,21H,4-6,8-9,11-15,27H2,1-3H3,(H,28,29,30). The summed E-state index contributed by atoms with van der Waals surface area (Å²) in [7, 11) is 1.68. The molecule has 1 saturated heterocycles. The molecule has 2 aliphatic rings. The van der Waals surface area contributed by atoms with Gasteiger partial charge in [0.2, 0.25) is 0 Å². The molecule has 0 unspecified atom stereocenters. The van der Waals surface area contributed by atoms with Crippen LogP contribution in [0.25, 0.3) is 10.9 Å². The zero-order valence-corrected chi connectivity index (χ0v) is 19.8. The number of nitrogens with two attached hydrogens (primary N) is 1. The molecule has 0 atom stereocenters. The number of benzene rings is 1. The molecule has 1 aliphatic carbocycles. The Hall–Kier alpha value is -2.36. The monoisotopic (exact) mass is 435 g/mol. The van der Waals surface area contributed by atoms with Crippen LogP contribution in [0.5, 0.6) is 5.75 Å². The van der Waals surface area contributed by atoms with Crippen molar-refractivity contribution in [3.63, 3.8) is 0 Å². The molecule has 1 aromatic heterocycles. The molecule has 0 bridgehead atoms. The molecule has 0 spiro atoms. The fourth-order valence-corrected chi connectivity index (χ4v) is 4.99. The third kappa shape index (κ3) is 5.16. The van der Waals surface area contributed by atoms with Crippen LogP contribution in [0, 0.1) is 11.8 Å². The first-order valence-electron chi connectivity index (χ1n) is 12.2. The van der Waals surface area contributed by atoms with Crippen LogP contribution in [0.1, 0.15) is 76.1 Å². The maximum atomic E-state index is 5.65. The Bertz CT molecular complexity index is 979. The fourth-order valence-electron chi connectivity index (χ4n) is 4.99. The number of hydrogen-bond acceptors (Lipinski definition) is 6. The van der Waals surface area contributed by atoms with Crippen LogP contribution in [0.3, 0.4) is 0 Å². The van der Waals surface area contributed by atoms with Gasteiger partial charge in [0, 0.05) is 36.5 Å². The van der Waals surface area contributed by atoms with Crippen LogP contribution in [0.15, 0.2) is 12.1 Å². The maximum Gasteiger partial charge on any atom is 0.138 e. The average Bonchev–Trinajstić information content (AvgIpc) is 2.83. The number of nitrogens with zero attached hydrogens (tertiary/aromatic N) is 3. The molecular weight excluding hydrogens is 398 g/mol. The van der Waals surface area contributed by atoms with Gasteiger partial charge in [-0.3, -0.25) is 0 Å². The summed E-state index contributed by atoms with van der Waals surface area (Å²) in [5.74, 6) is 9.19. The third-order valence-electron chi connectivity index (χ3n) is 6.93. The topological polar surface area (TPSA) is 76.3 Å². The maximum absolute atomic E-state index is 5.65. The van der Waals surface area contributed by atoms with Gasteiger partial charge in [0.15, 0.2) is 0 Å². The molecule has 3 N–H and O–H groups in total. The molecule has 2 heterocycles. The Morgan fingerprint density at radius 3 is 2.53 bits per heavy atom. The molecule has 4 rings (SSSR count). The van der Waals surface area contributed by atoms with Crippen molar-refractivity contribution in [2.24, 2.45) is 5.73 Å². The highest BCUT2D eigenvalue weighted by Crippen LogP contribution is 2.35. The number of piperidine rings is 1. The summed E-state index contributed by atoms with van der Waals surface area (Å²) in [5, 5.41) is 4.79. The summed E-state index contributed by atoms with van der Waals surface area (Å²) in [4.78, 5) is 12.7. The van der Waals surface area contributed by atoms with Crippen LogP contribution < -0.4 is 15.8 Å². The summed E-state index contributed by atoms with van der Waals surface area (Å²) in [6.07, 6.45) is 8.44. The van der Waals surface area contributed by atoms with Gasteiger partial charge in [0.25, 0.3) is 0 Å². The van der Waals surface area contributed by atoms with E-state index in [4.69, 9.17) is 20.4 Å². The van der Waals surface area contributed by atoms with Crippen molar-refractivity contribution in [1.29, 1.82) is 0 Å². The number of nitrogens with one attached hydrogen (secondary N) is 1. The zero-order valence-electron chi connectivity index (χ0n) is 19.8. The Morgan fingerprint density at radius 1 is 1.12 bits per heavy atom. The second-order valence-corrected chi connectivity index (χ2v) is 9.39. The molecule has 6 heteroatoms. The molecule has 0 amide bonds. The average molecular weight is 436 g/mol. The lowest BCUT2D eigenvalue weighted by atomic mass is 9.88. The third-order valence-corrected chi connectivity index (χ3v) is 6.93. The normalized spacial score (nSPS) is 18.5. The molecule has 0 radical (unpaired) electrons. The summed E-state index contributed by atoms with van der Waals surface area (Å²) >= 11 is 0. The second-order valence-electron chi connectivity index (χ2n) is 9.39. The quantitative estimate of drug-likeness (QED) is 0.683. The number of methoxy groups -OCH3 is 1. The Morgan fingerprint density at radius 2 is 1.88 bits per heavy atom. The van der Waals surface area contributed by atoms with Crippen LogP contribution in [-0.4, -0.2) is 53.7 Å². The van der Waals surface area contributed by atoms with Crippen molar-refractivity contribution in [1.82, 2.24) is 14.9 Å². The van der Waals surface area contributed by atoms with Crippen LogP contribution in [-0.2, 0) is 0 Å². The smallest absolute Gasteiger partial charge is 0.138 e. The number of hydrogen-bond donors (Lipinski definition) is 2. The van der Waals surface area contributed by atoms with Crippen LogP contribution in [0.2, 0.25) is 0 Å². The van der Waals surface area contributed by atoms with E-state index in [1.807, 2.05) is 12.1 Å². The molecule has 172 valence electrons. The lowest BCUT2D eigenvalue weighted by Crippen LogP contribution is -2.42. The van der Waals surface area contributed by atoms with Gasteiger partial charge >= 0.3 is 0 Å². The summed E-state index contributed by atoms with van der Waals surface area (Å²) in [5.41, 5.74) is 7.37. The molecule has 1 aliphatic heterocycles. The van der Waals surface area contributed by atoms with Gasteiger partial charge in [0.1, 0.15) is 17.4 Å².